The van der Waals surface area contributed by atoms with Gasteiger partial charge in [0.1, 0.15) is 5.75 Å². The quantitative estimate of drug-likeness (QED) is 0.154. The summed E-state index contributed by atoms with van der Waals surface area (Å²) in [4.78, 5) is 24.9. The summed E-state index contributed by atoms with van der Waals surface area (Å²) in [7, 11) is 4.38. The van der Waals surface area contributed by atoms with Crippen LogP contribution in [0.3, 0.4) is 0 Å². The highest BCUT2D eigenvalue weighted by Crippen LogP contribution is 2.39. The van der Waals surface area contributed by atoms with Crippen molar-refractivity contribution < 1.29 is 38.0 Å². The number of carbonyl (C=O) groups is 2. The maximum absolute atomic E-state index is 12.9. The highest BCUT2D eigenvalue weighted by Gasteiger charge is 2.20. The molecule has 3 rings (SSSR count). The van der Waals surface area contributed by atoms with Crippen molar-refractivity contribution in [2.45, 2.75) is 6.92 Å². The van der Waals surface area contributed by atoms with Gasteiger partial charge in [0.15, 0.2) is 29.6 Å². The van der Waals surface area contributed by atoms with Gasteiger partial charge in [-0.15, -0.1) is 0 Å². The molecule has 38 heavy (non-hydrogen) atoms. The molecule has 0 aliphatic rings. The summed E-state index contributed by atoms with van der Waals surface area (Å²) in [6.07, 6.45) is 1.42. The van der Waals surface area contributed by atoms with Crippen LogP contribution in [0.5, 0.6) is 34.5 Å². The zero-order valence-electron chi connectivity index (χ0n) is 21.3. The molecular weight excluding hydrogens is 516 g/mol. The Labute approximate surface area is 225 Å². The van der Waals surface area contributed by atoms with Crippen LogP contribution in [0, 0.1) is 0 Å². The van der Waals surface area contributed by atoms with Gasteiger partial charge in [-0.1, -0.05) is 11.6 Å². The average molecular weight is 543 g/mol. The Bertz CT molecular complexity index is 1270. The third-order valence-corrected chi connectivity index (χ3v) is 5.21. The van der Waals surface area contributed by atoms with Crippen molar-refractivity contribution >= 4 is 29.7 Å². The van der Waals surface area contributed by atoms with Gasteiger partial charge in [-0.3, -0.25) is 4.79 Å². The number of ether oxygens (including phenoxy) is 6. The minimum atomic E-state index is -0.653. The standard InChI is InChI=1S/C27H27ClN2O8/c1-5-36-22-12-17(15-29-30-25(31)16-37-20-9-7-19(28)8-10-20)6-11-21(22)38-27(32)18-13-23(33-2)26(35-4)24(14-18)34-3/h6-15H,5,16H2,1-4H3,(H,30,31). The van der Waals surface area contributed by atoms with Gasteiger partial charge in [0.05, 0.1) is 39.7 Å². The van der Waals surface area contributed by atoms with E-state index in [1.807, 2.05) is 0 Å². The molecule has 10 nitrogen and oxygen atoms in total. The van der Waals surface area contributed by atoms with Crippen molar-refractivity contribution in [3.8, 4) is 34.5 Å². The fourth-order valence-corrected chi connectivity index (χ4v) is 3.33. The summed E-state index contributed by atoms with van der Waals surface area (Å²) >= 11 is 5.83. The van der Waals surface area contributed by atoms with Gasteiger partial charge in [0.2, 0.25) is 5.75 Å². The monoisotopic (exact) mass is 542 g/mol. The zero-order chi connectivity index (χ0) is 27.5. The largest absolute Gasteiger partial charge is 0.493 e. The number of methoxy groups -OCH3 is 3. The first-order chi connectivity index (χ1) is 18.4. The molecule has 0 spiro atoms. The predicted molar refractivity (Wildman–Crippen MR) is 141 cm³/mol. The van der Waals surface area contributed by atoms with Crippen molar-refractivity contribution in [2.24, 2.45) is 5.10 Å². The maximum Gasteiger partial charge on any atom is 0.343 e. The number of hydrogen-bond donors (Lipinski definition) is 1. The fourth-order valence-electron chi connectivity index (χ4n) is 3.21. The fraction of sp³-hybridized carbons (Fsp3) is 0.222. The van der Waals surface area contributed by atoms with Gasteiger partial charge in [-0.05, 0) is 67.1 Å². The Balaban J connectivity index is 1.67. The topological polar surface area (TPSA) is 114 Å². The van der Waals surface area contributed by atoms with E-state index < -0.39 is 11.9 Å². The number of benzene rings is 3. The van der Waals surface area contributed by atoms with E-state index >= 15 is 0 Å². The number of carbonyl (C=O) groups excluding carboxylic acids is 2. The normalized spacial score (nSPS) is 10.6. The van der Waals surface area contributed by atoms with E-state index in [-0.39, 0.29) is 17.9 Å². The molecule has 1 N–H and O–H groups in total. The lowest BCUT2D eigenvalue weighted by molar-refractivity contribution is -0.123. The zero-order valence-corrected chi connectivity index (χ0v) is 22.0. The van der Waals surface area contributed by atoms with Crippen molar-refractivity contribution in [2.75, 3.05) is 34.5 Å². The molecule has 0 radical (unpaired) electrons. The summed E-state index contributed by atoms with van der Waals surface area (Å²) in [5.41, 5.74) is 3.17. The van der Waals surface area contributed by atoms with Gasteiger partial charge in [-0.2, -0.15) is 5.10 Å². The smallest absolute Gasteiger partial charge is 0.343 e. The number of nitrogens with one attached hydrogen (secondary N) is 1. The Morgan fingerprint density at radius 1 is 0.868 bits per heavy atom. The number of amides is 1. The summed E-state index contributed by atoms with van der Waals surface area (Å²) in [5, 5.41) is 4.50. The van der Waals surface area contributed by atoms with Crippen molar-refractivity contribution in [1.82, 2.24) is 5.43 Å². The minimum Gasteiger partial charge on any atom is -0.493 e. The van der Waals surface area contributed by atoms with Crippen LogP contribution in [-0.2, 0) is 4.79 Å². The average Bonchev–Trinajstić information content (AvgIpc) is 2.93. The first kappa shape index (κ1) is 28.1. The van der Waals surface area contributed by atoms with E-state index in [1.54, 1.807) is 49.4 Å². The molecule has 0 aliphatic heterocycles. The molecule has 0 saturated carbocycles. The van der Waals surface area contributed by atoms with E-state index in [1.165, 1.54) is 39.7 Å². The maximum atomic E-state index is 12.9. The van der Waals surface area contributed by atoms with E-state index in [0.717, 1.165) is 0 Å². The van der Waals surface area contributed by atoms with Gasteiger partial charge >= 0.3 is 5.97 Å². The molecule has 3 aromatic carbocycles. The van der Waals surface area contributed by atoms with E-state index in [0.29, 0.717) is 45.9 Å². The van der Waals surface area contributed by atoms with Crippen LogP contribution < -0.4 is 33.8 Å². The second-order valence-electron chi connectivity index (χ2n) is 7.48. The van der Waals surface area contributed by atoms with Crippen molar-refractivity contribution in [3.05, 3.63) is 70.7 Å². The third kappa shape index (κ3) is 7.53. The lowest BCUT2D eigenvalue weighted by Gasteiger charge is -2.15. The molecular formula is C27H27ClN2O8. The first-order valence-electron chi connectivity index (χ1n) is 11.4. The molecule has 0 aromatic heterocycles. The summed E-state index contributed by atoms with van der Waals surface area (Å²) < 4.78 is 32.5. The van der Waals surface area contributed by atoms with Crippen LogP contribution in [0.2, 0.25) is 5.02 Å². The molecule has 0 saturated heterocycles. The Kier molecular flexibility index (Phi) is 10.2. The van der Waals surface area contributed by atoms with Gasteiger partial charge in [0, 0.05) is 5.02 Å². The minimum absolute atomic E-state index is 0.191. The SMILES string of the molecule is CCOc1cc(C=NNC(=O)COc2ccc(Cl)cc2)ccc1OC(=O)c1cc(OC)c(OC)c(OC)c1. The second kappa shape index (κ2) is 13.8. The summed E-state index contributed by atoms with van der Waals surface area (Å²) in [6.45, 7) is 1.90. The lowest BCUT2D eigenvalue weighted by atomic mass is 10.1. The number of esters is 1. The molecule has 11 heteroatoms. The number of rotatable bonds is 12. The van der Waals surface area contributed by atoms with Crippen molar-refractivity contribution in [3.63, 3.8) is 0 Å². The van der Waals surface area contributed by atoms with Crippen LogP contribution in [-0.4, -0.2) is 52.6 Å². The molecule has 0 heterocycles. The van der Waals surface area contributed by atoms with Crippen LogP contribution in [0.25, 0.3) is 0 Å². The van der Waals surface area contributed by atoms with Gasteiger partial charge in [0.25, 0.3) is 5.91 Å². The molecule has 0 fully saturated rings. The van der Waals surface area contributed by atoms with E-state index in [4.69, 9.17) is 40.0 Å². The summed E-state index contributed by atoms with van der Waals surface area (Å²) in [6, 6.07) is 14.5. The second-order valence-corrected chi connectivity index (χ2v) is 7.91. The highest BCUT2D eigenvalue weighted by atomic mass is 35.5. The Hall–Kier alpha value is -4.44. The van der Waals surface area contributed by atoms with Crippen LogP contribution >= 0.6 is 11.6 Å². The Morgan fingerprint density at radius 3 is 2.16 bits per heavy atom. The highest BCUT2D eigenvalue weighted by molar-refractivity contribution is 6.30. The molecule has 1 amide bonds. The summed E-state index contributed by atoms with van der Waals surface area (Å²) in [5.74, 6) is 0.905. The number of hydrazone groups is 1. The third-order valence-electron chi connectivity index (χ3n) is 4.96. The number of nitrogens with zero attached hydrogens (tertiary/aromatic N) is 1. The van der Waals surface area contributed by atoms with E-state index in [2.05, 4.69) is 10.5 Å². The number of halogens is 1. The molecule has 0 unspecified atom stereocenters. The Morgan fingerprint density at radius 2 is 1.55 bits per heavy atom. The lowest BCUT2D eigenvalue weighted by Crippen LogP contribution is -2.24. The molecule has 3 aromatic rings. The predicted octanol–water partition coefficient (Wildman–Crippen LogP) is 4.51. The molecule has 0 bridgehead atoms. The van der Waals surface area contributed by atoms with Crippen LogP contribution in [0.1, 0.15) is 22.8 Å². The number of hydrogen-bond acceptors (Lipinski definition) is 9. The first-order valence-corrected chi connectivity index (χ1v) is 11.8. The molecule has 0 aliphatic carbocycles. The molecule has 0 atom stereocenters. The van der Waals surface area contributed by atoms with Gasteiger partial charge < -0.3 is 28.4 Å². The van der Waals surface area contributed by atoms with Gasteiger partial charge in [-0.25, -0.2) is 10.2 Å². The van der Waals surface area contributed by atoms with E-state index in [9.17, 15) is 9.59 Å². The molecule has 200 valence electrons. The van der Waals surface area contributed by atoms with Crippen LogP contribution in [0.4, 0.5) is 0 Å². The van der Waals surface area contributed by atoms with Crippen LogP contribution in [0.15, 0.2) is 59.7 Å². The van der Waals surface area contributed by atoms with Crippen molar-refractivity contribution in [1.29, 1.82) is 0 Å².